The largest absolute Gasteiger partial charge is 0.489 e. The van der Waals surface area contributed by atoms with Crippen LogP contribution in [-0.4, -0.2) is 15.5 Å². The first-order valence-electron chi connectivity index (χ1n) is 7.56. The Balaban J connectivity index is 1.61. The standard InChI is InChI=1S/C19H15N3O3/c1-22-12-15(11-20)10-18(22)19(23)25-17-4-2-16(3-5-17)24-13-14-6-8-21-9-7-14/h2-10,12H,13H2,1H3. The average Bonchev–Trinajstić information content (AvgIpc) is 3.03. The molecule has 0 aliphatic rings. The van der Waals surface area contributed by atoms with E-state index in [4.69, 9.17) is 14.7 Å². The number of benzene rings is 1. The van der Waals surface area contributed by atoms with Gasteiger partial charge in [-0.3, -0.25) is 4.98 Å². The molecule has 2 heterocycles. The molecule has 3 aromatic rings. The molecule has 6 heteroatoms. The predicted octanol–water partition coefficient (Wildman–Crippen LogP) is 3.09. The number of carbonyl (C=O) groups is 1. The molecule has 0 fully saturated rings. The van der Waals surface area contributed by atoms with E-state index in [0.29, 0.717) is 29.4 Å². The van der Waals surface area contributed by atoms with Gasteiger partial charge in [-0.25, -0.2) is 4.79 Å². The number of nitrogens with zero attached hydrogens (tertiary/aromatic N) is 3. The van der Waals surface area contributed by atoms with Gasteiger partial charge in [0.1, 0.15) is 29.9 Å². The third-order valence-electron chi connectivity index (χ3n) is 3.53. The fourth-order valence-corrected chi connectivity index (χ4v) is 2.24. The van der Waals surface area contributed by atoms with Gasteiger partial charge in [-0.05, 0) is 48.0 Å². The number of esters is 1. The van der Waals surface area contributed by atoms with Crippen LogP contribution in [0.5, 0.6) is 11.5 Å². The summed E-state index contributed by atoms with van der Waals surface area (Å²) in [6.45, 7) is 0.432. The minimum Gasteiger partial charge on any atom is -0.489 e. The highest BCUT2D eigenvalue weighted by atomic mass is 16.5. The molecular formula is C19H15N3O3. The van der Waals surface area contributed by atoms with E-state index < -0.39 is 5.97 Å². The molecule has 0 bridgehead atoms. The second-order valence-corrected chi connectivity index (χ2v) is 5.34. The molecular weight excluding hydrogens is 318 g/mol. The van der Waals surface area contributed by atoms with Gasteiger partial charge in [0, 0.05) is 25.6 Å². The van der Waals surface area contributed by atoms with Crippen molar-refractivity contribution in [3.05, 3.63) is 77.9 Å². The normalized spacial score (nSPS) is 10.1. The molecule has 0 amide bonds. The lowest BCUT2D eigenvalue weighted by Gasteiger charge is -2.08. The SMILES string of the molecule is Cn1cc(C#N)cc1C(=O)Oc1ccc(OCc2ccncc2)cc1. The summed E-state index contributed by atoms with van der Waals surface area (Å²) in [4.78, 5) is 16.1. The van der Waals surface area contributed by atoms with Gasteiger partial charge in [-0.15, -0.1) is 0 Å². The predicted molar refractivity (Wildman–Crippen MR) is 90.1 cm³/mol. The minimum absolute atomic E-state index is 0.314. The Hall–Kier alpha value is -3.59. The Morgan fingerprint density at radius 3 is 2.48 bits per heavy atom. The van der Waals surface area contributed by atoms with Gasteiger partial charge in [0.2, 0.25) is 0 Å². The molecule has 0 saturated carbocycles. The highest BCUT2D eigenvalue weighted by Gasteiger charge is 2.14. The molecule has 0 saturated heterocycles. The maximum Gasteiger partial charge on any atom is 0.360 e. The Labute approximate surface area is 144 Å². The monoisotopic (exact) mass is 333 g/mol. The highest BCUT2D eigenvalue weighted by molar-refractivity contribution is 5.90. The van der Waals surface area contributed by atoms with Gasteiger partial charge in [0.05, 0.1) is 5.56 Å². The summed E-state index contributed by atoms with van der Waals surface area (Å²) in [6.07, 6.45) is 5.00. The van der Waals surface area contributed by atoms with Gasteiger partial charge in [0.25, 0.3) is 0 Å². The van der Waals surface area contributed by atoms with Crippen molar-refractivity contribution < 1.29 is 14.3 Å². The molecule has 0 radical (unpaired) electrons. The average molecular weight is 333 g/mol. The highest BCUT2D eigenvalue weighted by Crippen LogP contribution is 2.20. The van der Waals surface area contributed by atoms with Crippen LogP contribution in [0.4, 0.5) is 0 Å². The van der Waals surface area contributed by atoms with E-state index >= 15 is 0 Å². The van der Waals surface area contributed by atoms with Crippen LogP contribution in [0.1, 0.15) is 21.6 Å². The molecule has 1 aromatic carbocycles. The summed E-state index contributed by atoms with van der Waals surface area (Å²) in [6, 6.07) is 14.0. The second-order valence-electron chi connectivity index (χ2n) is 5.34. The number of nitriles is 1. The van der Waals surface area contributed by atoms with Gasteiger partial charge in [-0.1, -0.05) is 0 Å². The Morgan fingerprint density at radius 1 is 1.16 bits per heavy atom. The molecule has 0 aliphatic heterocycles. The number of hydrogen-bond donors (Lipinski definition) is 0. The summed E-state index contributed by atoms with van der Waals surface area (Å²) in [5, 5.41) is 8.88. The first-order valence-corrected chi connectivity index (χ1v) is 7.56. The third kappa shape index (κ3) is 4.03. The fraction of sp³-hybridized carbons (Fsp3) is 0.105. The number of carbonyl (C=O) groups excluding carboxylic acids is 1. The van der Waals surface area contributed by atoms with Crippen molar-refractivity contribution >= 4 is 5.97 Å². The number of hydrogen-bond acceptors (Lipinski definition) is 5. The van der Waals surface area contributed by atoms with Crippen LogP contribution < -0.4 is 9.47 Å². The van der Waals surface area contributed by atoms with Crippen molar-refractivity contribution in [2.24, 2.45) is 7.05 Å². The van der Waals surface area contributed by atoms with E-state index in [-0.39, 0.29) is 0 Å². The molecule has 2 aromatic heterocycles. The molecule has 25 heavy (non-hydrogen) atoms. The molecule has 124 valence electrons. The van der Waals surface area contributed by atoms with Crippen molar-refractivity contribution in [1.29, 1.82) is 5.26 Å². The zero-order chi connectivity index (χ0) is 17.6. The van der Waals surface area contributed by atoms with Crippen LogP contribution in [-0.2, 0) is 13.7 Å². The summed E-state index contributed by atoms with van der Waals surface area (Å²) >= 11 is 0. The zero-order valence-corrected chi connectivity index (χ0v) is 13.5. The van der Waals surface area contributed by atoms with Gasteiger partial charge < -0.3 is 14.0 Å². The zero-order valence-electron chi connectivity index (χ0n) is 13.5. The van der Waals surface area contributed by atoms with Crippen LogP contribution in [0, 0.1) is 11.3 Å². The molecule has 0 unspecified atom stereocenters. The smallest absolute Gasteiger partial charge is 0.360 e. The van der Waals surface area contributed by atoms with Gasteiger partial charge in [0.15, 0.2) is 0 Å². The molecule has 0 atom stereocenters. The quantitative estimate of drug-likeness (QED) is 0.530. The topological polar surface area (TPSA) is 77.1 Å². The van der Waals surface area contributed by atoms with Crippen LogP contribution in [0.15, 0.2) is 61.1 Å². The van der Waals surface area contributed by atoms with Crippen molar-refractivity contribution in [3.8, 4) is 17.6 Å². The van der Waals surface area contributed by atoms with E-state index in [9.17, 15) is 4.79 Å². The fourth-order valence-electron chi connectivity index (χ4n) is 2.24. The maximum atomic E-state index is 12.2. The summed E-state index contributed by atoms with van der Waals surface area (Å²) < 4.78 is 12.6. The van der Waals surface area contributed by atoms with E-state index in [2.05, 4.69) is 4.98 Å². The molecule has 0 spiro atoms. The lowest BCUT2D eigenvalue weighted by atomic mass is 10.3. The lowest BCUT2D eigenvalue weighted by Crippen LogP contribution is -2.12. The molecule has 6 nitrogen and oxygen atoms in total. The third-order valence-corrected chi connectivity index (χ3v) is 3.53. The van der Waals surface area contributed by atoms with E-state index in [1.165, 1.54) is 6.07 Å². The summed E-state index contributed by atoms with van der Waals surface area (Å²) in [5.41, 5.74) is 1.74. The van der Waals surface area contributed by atoms with Crippen molar-refractivity contribution in [2.75, 3.05) is 0 Å². The minimum atomic E-state index is -0.519. The number of aryl methyl sites for hydroxylation is 1. The first kappa shape index (κ1) is 16.3. The van der Waals surface area contributed by atoms with Crippen molar-refractivity contribution in [1.82, 2.24) is 9.55 Å². The van der Waals surface area contributed by atoms with E-state index in [1.54, 1.807) is 54.5 Å². The summed E-state index contributed by atoms with van der Waals surface area (Å²) in [5.74, 6) is 0.553. The van der Waals surface area contributed by atoms with Crippen LogP contribution in [0.2, 0.25) is 0 Å². The molecule has 0 N–H and O–H groups in total. The number of pyridine rings is 1. The molecule has 3 rings (SSSR count). The van der Waals surface area contributed by atoms with Crippen molar-refractivity contribution in [3.63, 3.8) is 0 Å². The van der Waals surface area contributed by atoms with Gasteiger partial charge >= 0.3 is 5.97 Å². The lowest BCUT2D eigenvalue weighted by molar-refractivity contribution is 0.0724. The van der Waals surface area contributed by atoms with Crippen LogP contribution in [0.3, 0.4) is 0 Å². The van der Waals surface area contributed by atoms with Gasteiger partial charge in [-0.2, -0.15) is 5.26 Å². The Bertz CT molecular complexity index is 909. The maximum absolute atomic E-state index is 12.2. The second kappa shape index (κ2) is 7.32. The van der Waals surface area contributed by atoms with E-state index in [1.807, 2.05) is 18.2 Å². The van der Waals surface area contributed by atoms with Crippen molar-refractivity contribution in [2.45, 2.75) is 6.61 Å². The van der Waals surface area contributed by atoms with Crippen LogP contribution >= 0.6 is 0 Å². The number of ether oxygens (including phenoxy) is 2. The number of rotatable bonds is 5. The number of aromatic nitrogens is 2. The first-order chi connectivity index (χ1) is 12.2. The molecule has 0 aliphatic carbocycles. The summed E-state index contributed by atoms with van der Waals surface area (Å²) in [7, 11) is 1.69. The van der Waals surface area contributed by atoms with Crippen LogP contribution in [0.25, 0.3) is 0 Å². The van der Waals surface area contributed by atoms with E-state index in [0.717, 1.165) is 5.56 Å². The Morgan fingerprint density at radius 2 is 1.84 bits per heavy atom. The Kier molecular flexibility index (Phi) is 4.77.